The first-order valence-electron chi connectivity index (χ1n) is 6.38. The van der Waals surface area contributed by atoms with Crippen molar-refractivity contribution in [2.24, 2.45) is 5.73 Å². The number of hydrogen-bond acceptors (Lipinski definition) is 5. The Bertz CT molecular complexity index is 488. The highest BCUT2D eigenvalue weighted by atomic mass is 16.6. The lowest BCUT2D eigenvalue weighted by atomic mass is 9.89. The third kappa shape index (κ3) is 2.63. The summed E-state index contributed by atoms with van der Waals surface area (Å²) in [4.78, 5) is 10.8. The molecule has 0 aromatic heterocycles. The average molecular weight is 266 g/mol. The lowest BCUT2D eigenvalue weighted by molar-refractivity contribution is -0.385. The standard InChI is InChI=1S/C13H18N2O4/c1-3-9(8(2)14)10-6-12-13(19-5-4-18-12)7-11(10)15(16)17/h6-9H,3-5,14H2,1-2H3. The summed E-state index contributed by atoms with van der Waals surface area (Å²) in [5.74, 6) is 0.920. The van der Waals surface area contributed by atoms with Gasteiger partial charge in [-0.25, -0.2) is 0 Å². The van der Waals surface area contributed by atoms with Crippen LogP contribution in [0.1, 0.15) is 31.7 Å². The smallest absolute Gasteiger partial charge is 0.276 e. The van der Waals surface area contributed by atoms with E-state index in [0.717, 1.165) is 6.42 Å². The Morgan fingerprint density at radius 1 is 1.37 bits per heavy atom. The second-order valence-electron chi connectivity index (χ2n) is 4.69. The molecule has 0 aliphatic carbocycles. The molecule has 1 aromatic rings. The molecule has 2 N–H and O–H groups in total. The SMILES string of the molecule is CCC(c1cc2c(cc1[N+](=O)[O-])OCCO2)C(C)N. The minimum absolute atomic E-state index is 0.0494. The van der Waals surface area contributed by atoms with Crippen molar-refractivity contribution in [2.75, 3.05) is 13.2 Å². The number of nitro benzene ring substituents is 1. The third-order valence-electron chi connectivity index (χ3n) is 3.36. The van der Waals surface area contributed by atoms with Crippen LogP contribution in [-0.2, 0) is 0 Å². The predicted octanol–water partition coefficient (Wildman–Crippen LogP) is 2.21. The molecule has 0 bridgehead atoms. The van der Waals surface area contributed by atoms with Crippen LogP contribution in [0.3, 0.4) is 0 Å². The molecule has 6 heteroatoms. The maximum atomic E-state index is 11.2. The molecular formula is C13H18N2O4. The molecule has 0 fully saturated rings. The van der Waals surface area contributed by atoms with Gasteiger partial charge in [0, 0.05) is 17.5 Å². The number of nitro groups is 1. The van der Waals surface area contributed by atoms with Gasteiger partial charge in [0.2, 0.25) is 0 Å². The van der Waals surface area contributed by atoms with Crippen LogP contribution < -0.4 is 15.2 Å². The Balaban J connectivity index is 2.53. The van der Waals surface area contributed by atoms with Crippen LogP contribution in [0.25, 0.3) is 0 Å². The van der Waals surface area contributed by atoms with Crippen molar-refractivity contribution in [3.05, 3.63) is 27.8 Å². The first kappa shape index (κ1) is 13.6. The Hall–Kier alpha value is -1.82. The molecule has 2 rings (SSSR count). The number of fused-ring (bicyclic) bond motifs is 1. The molecule has 6 nitrogen and oxygen atoms in total. The van der Waals surface area contributed by atoms with Crippen molar-refractivity contribution in [1.29, 1.82) is 0 Å². The number of benzene rings is 1. The maximum Gasteiger partial charge on any atom is 0.276 e. The summed E-state index contributed by atoms with van der Waals surface area (Å²) in [6.07, 6.45) is 0.734. The number of nitrogens with two attached hydrogens (primary N) is 1. The number of ether oxygens (including phenoxy) is 2. The molecule has 0 radical (unpaired) electrons. The van der Waals surface area contributed by atoms with Gasteiger partial charge in [0.25, 0.3) is 5.69 Å². The van der Waals surface area contributed by atoms with E-state index in [2.05, 4.69) is 0 Å². The van der Waals surface area contributed by atoms with Crippen LogP contribution in [0.2, 0.25) is 0 Å². The van der Waals surface area contributed by atoms with Gasteiger partial charge in [-0.2, -0.15) is 0 Å². The van der Waals surface area contributed by atoms with E-state index >= 15 is 0 Å². The zero-order chi connectivity index (χ0) is 14.0. The molecule has 1 aliphatic heterocycles. The van der Waals surface area contributed by atoms with Crippen LogP contribution in [0.15, 0.2) is 12.1 Å². The van der Waals surface area contributed by atoms with Crippen LogP contribution in [0.5, 0.6) is 11.5 Å². The summed E-state index contributed by atoms with van der Waals surface area (Å²) in [6, 6.07) is 2.98. The molecular weight excluding hydrogens is 248 g/mol. The lowest BCUT2D eigenvalue weighted by Gasteiger charge is -2.23. The number of rotatable bonds is 4. The van der Waals surface area contributed by atoms with Gasteiger partial charge < -0.3 is 15.2 Å². The van der Waals surface area contributed by atoms with Gasteiger partial charge in [0.1, 0.15) is 13.2 Å². The second kappa shape index (κ2) is 5.44. The molecule has 2 atom stereocenters. The first-order valence-corrected chi connectivity index (χ1v) is 6.38. The van der Waals surface area contributed by atoms with E-state index in [1.807, 2.05) is 13.8 Å². The number of hydrogen-bond donors (Lipinski definition) is 1. The Kier molecular flexibility index (Phi) is 3.90. The topological polar surface area (TPSA) is 87.6 Å². The van der Waals surface area contributed by atoms with Crippen molar-refractivity contribution in [2.45, 2.75) is 32.2 Å². The van der Waals surface area contributed by atoms with Crippen molar-refractivity contribution in [3.63, 3.8) is 0 Å². The molecule has 1 aromatic carbocycles. The minimum atomic E-state index is -0.390. The fourth-order valence-corrected chi connectivity index (χ4v) is 2.42. The van der Waals surface area contributed by atoms with E-state index in [0.29, 0.717) is 30.3 Å². The zero-order valence-electron chi connectivity index (χ0n) is 11.1. The van der Waals surface area contributed by atoms with Crippen molar-refractivity contribution in [1.82, 2.24) is 0 Å². The van der Waals surface area contributed by atoms with Crippen LogP contribution >= 0.6 is 0 Å². The quantitative estimate of drug-likeness (QED) is 0.666. The van der Waals surface area contributed by atoms with E-state index in [-0.39, 0.29) is 17.6 Å². The van der Waals surface area contributed by atoms with Crippen LogP contribution in [0.4, 0.5) is 5.69 Å². The van der Waals surface area contributed by atoms with Crippen molar-refractivity contribution in [3.8, 4) is 11.5 Å². The molecule has 0 spiro atoms. The third-order valence-corrected chi connectivity index (χ3v) is 3.36. The van der Waals surface area contributed by atoms with E-state index in [4.69, 9.17) is 15.2 Å². The Labute approximate surface area is 111 Å². The van der Waals surface area contributed by atoms with E-state index in [1.165, 1.54) is 6.07 Å². The fraction of sp³-hybridized carbons (Fsp3) is 0.538. The van der Waals surface area contributed by atoms with Gasteiger partial charge in [0.15, 0.2) is 11.5 Å². The zero-order valence-corrected chi connectivity index (χ0v) is 11.1. The van der Waals surface area contributed by atoms with Crippen LogP contribution in [-0.4, -0.2) is 24.2 Å². The van der Waals surface area contributed by atoms with Gasteiger partial charge in [0.05, 0.1) is 11.0 Å². The first-order chi connectivity index (χ1) is 9.04. The maximum absolute atomic E-state index is 11.2. The summed E-state index contributed by atoms with van der Waals surface area (Å²) >= 11 is 0. The van der Waals surface area contributed by atoms with Crippen molar-refractivity contribution < 1.29 is 14.4 Å². The molecule has 0 saturated heterocycles. The normalized spacial score (nSPS) is 16.8. The highest BCUT2D eigenvalue weighted by Gasteiger charge is 2.28. The Morgan fingerprint density at radius 2 is 1.95 bits per heavy atom. The molecule has 1 heterocycles. The molecule has 1 aliphatic rings. The van der Waals surface area contributed by atoms with Gasteiger partial charge in [-0.05, 0) is 19.4 Å². The summed E-state index contributed by atoms with van der Waals surface area (Å²) < 4.78 is 10.9. The van der Waals surface area contributed by atoms with Gasteiger partial charge in [-0.15, -0.1) is 0 Å². The van der Waals surface area contributed by atoms with E-state index < -0.39 is 4.92 Å². The Morgan fingerprint density at radius 3 is 2.42 bits per heavy atom. The van der Waals surface area contributed by atoms with E-state index in [1.54, 1.807) is 6.07 Å². The molecule has 2 unspecified atom stereocenters. The summed E-state index contributed by atoms with van der Waals surface area (Å²) in [6.45, 7) is 4.69. The van der Waals surface area contributed by atoms with Gasteiger partial charge in [-0.3, -0.25) is 10.1 Å². The second-order valence-corrected chi connectivity index (χ2v) is 4.69. The monoisotopic (exact) mass is 266 g/mol. The summed E-state index contributed by atoms with van der Waals surface area (Å²) in [5.41, 5.74) is 6.60. The van der Waals surface area contributed by atoms with Crippen LogP contribution in [0, 0.1) is 10.1 Å². The van der Waals surface area contributed by atoms with Gasteiger partial charge >= 0.3 is 0 Å². The molecule has 0 amide bonds. The molecule has 19 heavy (non-hydrogen) atoms. The largest absolute Gasteiger partial charge is 0.486 e. The molecule has 104 valence electrons. The fourth-order valence-electron chi connectivity index (χ4n) is 2.42. The highest BCUT2D eigenvalue weighted by molar-refractivity contribution is 5.56. The summed E-state index contributed by atoms with van der Waals surface area (Å²) in [7, 11) is 0. The number of nitrogens with zero attached hydrogens (tertiary/aromatic N) is 1. The molecule has 0 saturated carbocycles. The van der Waals surface area contributed by atoms with Gasteiger partial charge in [-0.1, -0.05) is 6.92 Å². The van der Waals surface area contributed by atoms with Crippen molar-refractivity contribution >= 4 is 5.69 Å². The predicted molar refractivity (Wildman–Crippen MR) is 70.8 cm³/mol. The average Bonchev–Trinajstić information content (AvgIpc) is 2.38. The van der Waals surface area contributed by atoms with E-state index in [9.17, 15) is 10.1 Å². The summed E-state index contributed by atoms with van der Waals surface area (Å²) in [5, 5.41) is 11.2. The highest BCUT2D eigenvalue weighted by Crippen LogP contribution is 2.40. The minimum Gasteiger partial charge on any atom is -0.486 e. The lowest BCUT2D eigenvalue weighted by Crippen LogP contribution is -2.25.